The van der Waals surface area contributed by atoms with Gasteiger partial charge in [-0.25, -0.2) is 0 Å². The third-order valence-corrected chi connectivity index (χ3v) is 23.7. The Kier molecular flexibility index (Phi) is 48.5. The normalized spacial score (nSPS) is 22.0. The average Bonchev–Trinajstić information content (AvgIpc) is 1.75. The van der Waals surface area contributed by atoms with E-state index in [1.165, 1.54) is 100 Å². The minimum atomic E-state index is -1.93. The Morgan fingerprint density at radius 3 is 1.70 bits per heavy atom. The summed E-state index contributed by atoms with van der Waals surface area (Å²) >= 11 is 0. The van der Waals surface area contributed by atoms with E-state index in [-0.39, 0.29) is 109 Å². The molecule has 1 aromatic heterocycles. The second kappa shape index (κ2) is 56.9. The summed E-state index contributed by atoms with van der Waals surface area (Å²) in [6.45, 7) is 21.6. The number of nitrogens with zero attached hydrogens (tertiary/aromatic N) is 1. The number of Topliss-reactive ketones (excluding diaryl/α,β-unsaturated/α-hetero) is 4. The monoisotopic (exact) mass is 1930 g/mol. The van der Waals surface area contributed by atoms with Gasteiger partial charge in [-0.3, -0.25) is 91.1 Å². The molecule has 138 heavy (non-hydrogen) atoms. The Bertz CT molecular complexity index is 4890. The molecule has 0 bridgehead atoms. The number of aromatic amines is 1. The fraction of sp³-hybridized carbons (Fsp3) is 0.582. The highest BCUT2D eigenvalue weighted by atomic mass is 16.3. The highest BCUT2D eigenvalue weighted by Gasteiger charge is 2.44. The Hall–Kier alpha value is -12.7. The van der Waals surface area contributed by atoms with Crippen molar-refractivity contribution in [3.63, 3.8) is 0 Å². The van der Waals surface area contributed by atoms with Gasteiger partial charge < -0.3 is 111 Å². The van der Waals surface area contributed by atoms with Crippen LogP contribution in [0.15, 0.2) is 97.2 Å². The van der Waals surface area contributed by atoms with Crippen molar-refractivity contribution in [1.82, 2.24) is 89.6 Å². The molecule has 0 saturated carbocycles. The summed E-state index contributed by atoms with van der Waals surface area (Å²) in [6.07, 6.45) is 5.26. The number of allylic oxidation sites excluding steroid dienone is 2. The number of phenols is 1. The summed E-state index contributed by atoms with van der Waals surface area (Å²) < 4.78 is 0. The number of phenolic OH excluding ortho intramolecular Hbond substituents is 1. The van der Waals surface area contributed by atoms with E-state index in [9.17, 15) is 77.3 Å². The third-order valence-electron chi connectivity index (χ3n) is 23.7. The van der Waals surface area contributed by atoms with E-state index in [1.807, 2.05) is 39.8 Å². The van der Waals surface area contributed by atoms with E-state index in [0.717, 1.165) is 0 Å². The van der Waals surface area contributed by atoms with Crippen LogP contribution in [0.5, 0.6) is 5.75 Å². The van der Waals surface area contributed by atoms with Crippen molar-refractivity contribution in [3.05, 3.63) is 114 Å². The first-order chi connectivity index (χ1) is 64.3. The lowest BCUT2D eigenvalue weighted by Gasteiger charge is -2.33. The summed E-state index contributed by atoms with van der Waals surface area (Å²) in [5.41, 5.74) is 9.24. The van der Waals surface area contributed by atoms with Crippen LogP contribution in [0.2, 0.25) is 0 Å². The van der Waals surface area contributed by atoms with Crippen LogP contribution in [0.4, 0.5) is 0 Å². The first-order valence-electron chi connectivity index (χ1n) is 46.9. The number of amides is 15. The number of fused-ring (bicyclic) bond motifs is 1. The van der Waals surface area contributed by atoms with Crippen LogP contribution in [0, 0.1) is 23.7 Å². The number of aromatic nitrogens is 1. The molecule has 5 rings (SSSR count). The van der Waals surface area contributed by atoms with Gasteiger partial charge in [-0.15, -0.1) is 0 Å². The van der Waals surface area contributed by atoms with Crippen LogP contribution in [0.1, 0.15) is 211 Å². The van der Waals surface area contributed by atoms with Gasteiger partial charge in [-0.05, 0) is 188 Å². The molecule has 22 N–H and O–H groups in total. The van der Waals surface area contributed by atoms with Crippen LogP contribution in [0.3, 0.4) is 0 Å². The Morgan fingerprint density at radius 1 is 0.536 bits per heavy atom. The number of aliphatic hydroxyl groups is 1. The number of aromatic hydroxyl groups is 1. The van der Waals surface area contributed by atoms with Gasteiger partial charge in [-0.1, -0.05) is 134 Å². The largest absolute Gasteiger partial charge is 0.508 e. The lowest BCUT2D eigenvalue weighted by molar-refractivity contribution is -0.140. The van der Waals surface area contributed by atoms with Gasteiger partial charge in [0.1, 0.15) is 71.2 Å². The number of aliphatic hydroxyl groups excluding tert-OH is 1. The maximum absolute atomic E-state index is 15.3. The maximum Gasteiger partial charge on any atom is 0.246 e. The van der Waals surface area contributed by atoms with Crippen molar-refractivity contribution in [1.29, 1.82) is 0 Å². The molecule has 0 aliphatic carbocycles. The maximum atomic E-state index is 15.3. The van der Waals surface area contributed by atoms with Gasteiger partial charge in [-0.2, -0.15) is 0 Å². The zero-order valence-electron chi connectivity index (χ0n) is 81.8. The van der Waals surface area contributed by atoms with E-state index < -0.39 is 226 Å². The highest BCUT2D eigenvalue weighted by molar-refractivity contribution is 6.41. The van der Waals surface area contributed by atoms with E-state index in [1.54, 1.807) is 79.8 Å². The molecule has 0 spiro atoms. The minimum Gasteiger partial charge on any atom is -0.508 e. The molecular formula is C98H149N19O21. The molecule has 18 atom stereocenters. The smallest absolute Gasteiger partial charge is 0.246 e. The molecule has 0 radical (unpaired) electrons. The summed E-state index contributed by atoms with van der Waals surface area (Å²) in [4.78, 5) is 273. The number of rotatable bonds is 38. The predicted octanol–water partition coefficient (Wildman–Crippen LogP) is 1.07. The van der Waals surface area contributed by atoms with Crippen LogP contribution in [0.25, 0.3) is 10.9 Å². The summed E-state index contributed by atoms with van der Waals surface area (Å²) in [7, 11) is 3.34. The number of hydrogen-bond donors (Lipinski definition) is 20. The van der Waals surface area contributed by atoms with Crippen LogP contribution >= 0.6 is 0 Å². The van der Waals surface area contributed by atoms with Gasteiger partial charge in [0, 0.05) is 61.8 Å². The number of nitrogens with two attached hydrogens (primary N) is 2. The number of nitrogens with one attached hydrogen (secondary N) is 16. The second-order valence-electron chi connectivity index (χ2n) is 37.5. The molecule has 0 saturated heterocycles. The molecule has 4 aromatic rings. The van der Waals surface area contributed by atoms with E-state index in [4.69, 9.17) is 11.5 Å². The molecule has 762 valence electrons. The first kappa shape index (κ1) is 118. The van der Waals surface area contributed by atoms with Crippen LogP contribution < -0.4 is 91.2 Å². The lowest BCUT2D eigenvalue weighted by Crippen LogP contribution is -2.65. The van der Waals surface area contributed by atoms with Crippen LogP contribution in [-0.2, 0) is 110 Å². The molecule has 15 amide bonds. The highest BCUT2D eigenvalue weighted by Crippen LogP contribution is 2.25. The summed E-state index contributed by atoms with van der Waals surface area (Å²) in [5.74, 6) is -19.1. The van der Waals surface area contributed by atoms with E-state index in [0.29, 0.717) is 59.7 Å². The van der Waals surface area contributed by atoms with Gasteiger partial charge in [0.25, 0.3) is 0 Å². The van der Waals surface area contributed by atoms with Crippen molar-refractivity contribution < 1.29 is 101 Å². The Morgan fingerprint density at radius 2 is 1.10 bits per heavy atom. The average molecular weight is 1930 g/mol. The van der Waals surface area contributed by atoms with Gasteiger partial charge in [0.2, 0.25) is 112 Å². The number of ketones is 4. The van der Waals surface area contributed by atoms with Crippen molar-refractivity contribution in [2.24, 2.45) is 35.1 Å². The topological polar surface area (TPSA) is 616 Å². The number of para-hydroxylation sites is 1. The third kappa shape index (κ3) is 38.7. The molecule has 1 aliphatic rings. The van der Waals surface area contributed by atoms with E-state index >= 15 is 24.0 Å². The molecule has 2 heterocycles. The minimum absolute atomic E-state index is 0. The SMILES string of the molecule is C.CC(C)C[C@@H]1CN[C@@H](CCC(N)=O)C(=O)C(=O)[C@H](C)NC(=O)[C@H](Cc2c[nH]c3ccccc23)NC(=O)[C@H](Cc2ccc(O)cc2)NC(=O)C(C)NC(=O)[C@](C)(NC(=O)[C@H](Cc2ccccc2)NC(=O)[C@@H](NC(=O)[C@H](CC(C)C)NC(=O)CN(C)C)[C@@H](C)O)CCCCCC/C=C/CCC[C@@](C)(C(=O)NC(C)C(=O)N[C@@H](C)C(=O)NC(C)C(=O)N[C@@H](C)C(=O)C(=O)[C@H](C)NC[C@H](C)C(N)=O)NC1=O. The lowest BCUT2D eigenvalue weighted by atomic mass is 9.89. The van der Waals surface area contributed by atoms with Gasteiger partial charge >= 0.3 is 0 Å². The Balaban J connectivity index is 0.0000398. The number of likely N-dealkylation sites (N-methyl/N-ethyl adjacent to an activating group) is 1. The van der Waals surface area contributed by atoms with Gasteiger partial charge in [0.15, 0.2) is 0 Å². The zero-order chi connectivity index (χ0) is 102. The second-order valence-corrected chi connectivity index (χ2v) is 37.5. The van der Waals surface area contributed by atoms with Crippen molar-refractivity contribution in [3.8, 4) is 5.75 Å². The molecule has 0 fully saturated rings. The number of carbonyl (C=O) groups is 19. The number of H-pyrrole nitrogens is 1. The number of primary amides is 2. The molecule has 40 heteroatoms. The predicted molar refractivity (Wildman–Crippen MR) is 518 cm³/mol. The number of hydrogen-bond acceptors (Lipinski definition) is 24. The molecule has 3 aromatic carbocycles. The van der Waals surface area contributed by atoms with Gasteiger partial charge in [0.05, 0.1) is 42.7 Å². The number of carbonyl (C=O) groups excluding carboxylic acids is 19. The van der Waals surface area contributed by atoms with Crippen molar-refractivity contribution >= 4 is 123 Å². The standard InChI is InChI=1S/C97H145N19O21.CH4/c1-53(2)44-67-51-102-71(40-41-76(98)119)82(124)81(123)58(8)104-89(131)75(48-66-50-101-70-35-29-28-34-69(66)70)111-90(132)73(47-65-36-38-68(118)39-37-65)110-87(129)62(12)108-95(137)97(15,115-92(134)74(46-64-32-26-25-27-33-64)112-93(135)78(63(13)117)113-91(133)72(45-54(3)4)109-77(120)52-116(16)17)43-31-24-22-20-18-19-21-23-30-42-96(14,114-88(67)130)94(136)107-61(11)86(128)106-60(10)85(127)105-59(9)84(126)103-57(7)80(122)79(121)56(6)100-49-55(5)83(99)125;/h19,21,25-29,32-39,50,53-63,67,71-75,78,100-102,117-118H,18,20,22-24,30-31,40-49,51-52H2,1-17H3,(H2,98,119)(H2,99,125)(H,103,126)(H,104,131)(H,105,127)(H,106,128)(H,107,136)(H,108,137)(H,109,120)(H,110,129)(H,111,132)(H,112,135)(H,113,133)(H,114,130)(H,115,134);1H4/b21-19+;/t55-,56-,57-,58-,59?,60-,61?,62?,63+,67+,71-,72-,73-,74-,75-,78-,96-,97+;/m0./s1. The number of benzene rings is 3. The molecular weight excluding hydrogens is 1780 g/mol. The van der Waals surface area contributed by atoms with Crippen LogP contribution in [-0.4, -0.2) is 261 Å². The summed E-state index contributed by atoms with van der Waals surface area (Å²) in [5, 5.41) is 62.4. The zero-order valence-corrected chi connectivity index (χ0v) is 81.8. The molecule has 1 aliphatic heterocycles. The quantitative estimate of drug-likeness (QED) is 0.0220. The Labute approximate surface area is 808 Å². The molecule has 40 nitrogen and oxygen atoms in total. The van der Waals surface area contributed by atoms with Crippen molar-refractivity contribution in [2.45, 2.75) is 310 Å². The van der Waals surface area contributed by atoms with Crippen molar-refractivity contribution in [2.75, 3.05) is 33.7 Å². The first-order valence-corrected chi connectivity index (χ1v) is 46.9. The summed E-state index contributed by atoms with van der Waals surface area (Å²) in [6, 6.07) is 2.42. The fourth-order valence-electron chi connectivity index (χ4n) is 15.2. The van der Waals surface area contributed by atoms with E-state index in [2.05, 4.69) is 84.7 Å². The molecule has 3 unspecified atom stereocenters. The fourth-order valence-corrected chi connectivity index (χ4v) is 15.2.